The van der Waals surface area contributed by atoms with Gasteiger partial charge in [-0.25, -0.2) is 9.78 Å². The molecule has 0 spiro atoms. The molecule has 0 atom stereocenters. The Kier molecular flexibility index (Phi) is 5.23. The van der Waals surface area contributed by atoms with Crippen molar-refractivity contribution in [2.24, 2.45) is 0 Å². The van der Waals surface area contributed by atoms with Gasteiger partial charge in [0.25, 0.3) is 0 Å². The minimum Gasteiger partial charge on any atom is -0.337 e. The fourth-order valence-corrected chi connectivity index (χ4v) is 3.18. The van der Waals surface area contributed by atoms with Crippen molar-refractivity contribution in [1.29, 1.82) is 0 Å². The van der Waals surface area contributed by atoms with Crippen LogP contribution in [0.4, 0.5) is 10.5 Å². The number of nitrogens with zero attached hydrogens (tertiary/aromatic N) is 1. The first-order chi connectivity index (χ1) is 11.7. The summed E-state index contributed by atoms with van der Waals surface area (Å²) < 4.78 is 0. The average molecular weight is 337 g/mol. The van der Waals surface area contributed by atoms with Crippen LogP contribution in [-0.2, 0) is 6.42 Å². The van der Waals surface area contributed by atoms with Crippen LogP contribution in [-0.4, -0.2) is 17.6 Å². The normalized spacial score (nSPS) is 10.4. The van der Waals surface area contributed by atoms with Crippen LogP contribution in [0.5, 0.6) is 0 Å². The van der Waals surface area contributed by atoms with E-state index in [4.69, 9.17) is 0 Å². The molecule has 3 rings (SSSR count). The molecular weight excluding hydrogens is 318 g/mol. The lowest BCUT2D eigenvalue weighted by Gasteiger charge is -2.06. The Bertz CT molecular complexity index is 814. The third-order valence-corrected chi connectivity index (χ3v) is 4.46. The van der Waals surface area contributed by atoms with Gasteiger partial charge in [0.15, 0.2) is 0 Å². The lowest BCUT2D eigenvalue weighted by molar-refractivity contribution is 0.252. The topological polar surface area (TPSA) is 54.0 Å². The van der Waals surface area contributed by atoms with Crippen molar-refractivity contribution in [2.75, 3.05) is 11.9 Å². The monoisotopic (exact) mass is 337 g/mol. The highest BCUT2D eigenvalue weighted by Gasteiger charge is 2.06. The number of aryl methyl sites for hydroxylation is 1. The fraction of sp³-hybridized carbons (Fsp3) is 0.158. The van der Waals surface area contributed by atoms with Crippen LogP contribution < -0.4 is 10.6 Å². The van der Waals surface area contributed by atoms with Gasteiger partial charge < -0.3 is 10.6 Å². The van der Waals surface area contributed by atoms with Crippen molar-refractivity contribution >= 4 is 23.1 Å². The lowest BCUT2D eigenvalue weighted by atomic mass is 10.1. The molecule has 0 aliphatic heterocycles. The molecule has 122 valence electrons. The highest BCUT2D eigenvalue weighted by molar-refractivity contribution is 7.13. The molecule has 0 aliphatic rings. The minimum absolute atomic E-state index is 0.199. The van der Waals surface area contributed by atoms with Crippen LogP contribution in [0.1, 0.15) is 11.3 Å². The van der Waals surface area contributed by atoms with E-state index in [2.05, 4.69) is 46.1 Å². The maximum absolute atomic E-state index is 11.8. The summed E-state index contributed by atoms with van der Waals surface area (Å²) >= 11 is 1.63. The van der Waals surface area contributed by atoms with Crippen LogP contribution in [0.3, 0.4) is 0 Å². The Labute approximate surface area is 145 Å². The molecule has 0 radical (unpaired) electrons. The van der Waals surface area contributed by atoms with Gasteiger partial charge in [-0.05, 0) is 25.1 Å². The molecule has 2 N–H and O–H groups in total. The molecule has 0 unspecified atom stereocenters. The molecule has 5 heteroatoms. The standard InChI is InChI=1S/C19H19N3OS/c1-14-6-5-7-15(12-14)18-21-17(13-24-18)10-11-20-19(23)22-16-8-3-2-4-9-16/h2-9,12-13H,10-11H2,1H3,(H2,20,22,23). The number of hydrogen-bond donors (Lipinski definition) is 2. The van der Waals surface area contributed by atoms with E-state index in [9.17, 15) is 4.79 Å². The van der Waals surface area contributed by atoms with Gasteiger partial charge in [0.2, 0.25) is 0 Å². The van der Waals surface area contributed by atoms with Crippen molar-refractivity contribution in [2.45, 2.75) is 13.3 Å². The molecule has 0 aliphatic carbocycles. The summed E-state index contributed by atoms with van der Waals surface area (Å²) in [5, 5.41) is 8.72. The highest BCUT2D eigenvalue weighted by atomic mass is 32.1. The zero-order valence-corrected chi connectivity index (χ0v) is 14.3. The Hall–Kier alpha value is -2.66. The molecule has 3 aromatic rings. The van der Waals surface area contributed by atoms with Gasteiger partial charge >= 0.3 is 6.03 Å². The van der Waals surface area contributed by atoms with Gasteiger partial charge in [-0.2, -0.15) is 0 Å². The number of carbonyl (C=O) groups is 1. The van der Waals surface area contributed by atoms with E-state index in [-0.39, 0.29) is 6.03 Å². The number of rotatable bonds is 5. The second-order valence-electron chi connectivity index (χ2n) is 5.51. The first-order valence-corrected chi connectivity index (χ1v) is 8.70. The first kappa shape index (κ1) is 16.2. The van der Waals surface area contributed by atoms with Crippen LogP contribution in [0.25, 0.3) is 10.6 Å². The van der Waals surface area contributed by atoms with Crippen molar-refractivity contribution in [3.05, 3.63) is 71.2 Å². The number of thiazole rings is 1. The van der Waals surface area contributed by atoms with Crippen LogP contribution in [0.2, 0.25) is 0 Å². The molecule has 2 aromatic carbocycles. The van der Waals surface area contributed by atoms with E-state index in [0.717, 1.165) is 22.0 Å². The molecule has 2 amide bonds. The second kappa shape index (κ2) is 7.75. The fourth-order valence-electron chi connectivity index (χ4n) is 2.33. The maximum Gasteiger partial charge on any atom is 0.319 e. The van der Waals surface area contributed by atoms with Gasteiger partial charge in [-0.1, -0.05) is 42.0 Å². The summed E-state index contributed by atoms with van der Waals surface area (Å²) in [5.74, 6) is 0. The zero-order chi connectivity index (χ0) is 16.8. The molecule has 0 bridgehead atoms. The number of para-hydroxylation sites is 1. The molecule has 1 aromatic heterocycles. The zero-order valence-electron chi connectivity index (χ0n) is 13.5. The second-order valence-corrected chi connectivity index (χ2v) is 6.37. The number of carbonyl (C=O) groups excluding carboxylic acids is 1. The molecule has 0 fully saturated rings. The Balaban J connectivity index is 1.50. The van der Waals surface area contributed by atoms with Gasteiger partial charge in [0.05, 0.1) is 5.69 Å². The van der Waals surface area contributed by atoms with Gasteiger partial charge in [0.1, 0.15) is 5.01 Å². The third-order valence-electron chi connectivity index (χ3n) is 3.52. The SMILES string of the molecule is Cc1cccc(-c2nc(CCNC(=O)Nc3ccccc3)cs2)c1. The van der Waals surface area contributed by atoms with Crippen molar-refractivity contribution in [1.82, 2.24) is 10.3 Å². The van der Waals surface area contributed by atoms with Gasteiger partial charge in [-0.15, -0.1) is 11.3 Å². The smallest absolute Gasteiger partial charge is 0.319 e. The van der Waals surface area contributed by atoms with Crippen molar-refractivity contribution in [3.8, 4) is 10.6 Å². The largest absolute Gasteiger partial charge is 0.337 e. The molecule has 0 saturated heterocycles. The molecule has 0 saturated carbocycles. The summed E-state index contributed by atoms with van der Waals surface area (Å²) in [6.45, 7) is 2.63. The average Bonchev–Trinajstić information content (AvgIpc) is 3.05. The summed E-state index contributed by atoms with van der Waals surface area (Å²) in [4.78, 5) is 16.5. The predicted molar refractivity (Wildman–Crippen MR) is 99.5 cm³/mol. The van der Waals surface area contributed by atoms with E-state index in [1.54, 1.807) is 11.3 Å². The Morgan fingerprint density at radius 3 is 2.75 bits per heavy atom. The third kappa shape index (κ3) is 4.43. The van der Waals surface area contributed by atoms with Crippen molar-refractivity contribution < 1.29 is 4.79 Å². The Morgan fingerprint density at radius 2 is 1.96 bits per heavy atom. The number of benzene rings is 2. The van der Waals surface area contributed by atoms with Crippen LogP contribution in [0, 0.1) is 6.92 Å². The predicted octanol–water partition coefficient (Wildman–Crippen LogP) is 4.48. The van der Waals surface area contributed by atoms with Crippen LogP contribution in [0.15, 0.2) is 60.0 Å². The molecule has 24 heavy (non-hydrogen) atoms. The van der Waals surface area contributed by atoms with Gasteiger partial charge in [0, 0.05) is 29.6 Å². The van der Waals surface area contributed by atoms with E-state index >= 15 is 0 Å². The van der Waals surface area contributed by atoms with Crippen molar-refractivity contribution in [3.63, 3.8) is 0 Å². The Morgan fingerprint density at radius 1 is 1.12 bits per heavy atom. The number of aromatic nitrogens is 1. The lowest BCUT2D eigenvalue weighted by Crippen LogP contribution is -2.30. The van der Waals surface area contributed by atoms with E-state index < -0.39 is 0 Å². The number of hydrogen-bond acceptors (Lipinski definition) is 3. The van der Waals surface area contributed by atoms with E-state index in [0.29, 0.717) is 13.0 Å². The first-order valence-electron chi connectivity index (χ1n) is 7.82. The quantitative estimate of drug-likeness (QED) is 0.721. The van der Waals surface area contributed by atoms with E-state index in [1.807, 2.05) is 36.4 Å². The van der Waals surface area contributed by atoms with Crippen LogP contribution >= 0.6 is 11.3 Å². The maximum atomic E-state index is 11.8. The molecular formula is C19H19N3OS. The summed E-state index contributed by atoms with van der Waals surface area (Å²) in [7, 11) is 0. The number of urea groups is 1. The molecule has 1 heterocycles. The van der Waals surface area contributed by atoms with Gasteiger partial charge in [-0.3, -0.25) is 0 Å². The summed E-state index contributed by atoms with van der Waals surface area (Å²) in [6, 6.07) is 17.5. The number of amides is 2. The highest BCUT2D eigenvalue weighted by Crippen LogP contribution is 2.24. The summed E-state index contributed by atoms with van der Waals surface area (Å²) in [5.41, 5.74) is 4.14. The number of nitrogens with one attached hydrogen (secondary N) is 2. The summed E-state index contributed by atoms with van der Waals surface area (Å²) in [6.07, 6.45) is 0.713. The number of anilines is 1. The molecule has 4 nitrogen and oxygen atoms in total. The van der Waals surface area contributed by atoms with E-state index in [1.165, 1.54) is 5.56 Å². The minimum atomic E-state index is -0.199.